The van der Waals surface area contributed by atoms with E-state index in [-0.39, 0.29) is 29.6 Å². The fourth-order valence-corrected chi connectivity index (χ4v) is 8.56. The van der Waals surface area contributed by atoms with Crippen LogP contribution in [0.15, 0.2) is 48.6 Å². The van der Waals surface area contributed by atoms with Gasteiger partial charge in [0, 0.05) is 43.8 Å². The maximum Gasteiger partial charge on any atom is 0.263 e. The van der Waals surface area contributed by atoms with Gasteiger partial charge in [-0.1, -0.05) is 50.1 Å². The lowest BCUT2D eigenvalue weighted by Gasteiger charge is -2.48. The zero-order chi connectivity index (χ0) is 31.4. The van der Waals surface area contributed by atoms with Gasteiger partial charge in [0.05, 0.1) is 29.8 Å². The number of hydrogen-bond acceptors (Lipinski definition) is 6. The number of carbonyl (C=O) groups is 1. The van der Waals surface area contributed by atoms with Crippen molar-refractivity contribution in [3.05, 3.63) is 70.3 Å². The first-order chi connectivity index (χ1) is 21.2. The van der Waals surface area contributed by atoms with Crippen LogP contribution in [0.3, 0.4) is 0 Å². The van der Waals surface area contributed by atoms with Crippen molar-refractivity contribution in [2.45, 2.75) is 69.6 Å². The van der Waals surface area contributed by atoms with Crippen LogP contribution in [-0.2, 0) is 26.9 Å². The molecule has 1 fully saturated rings. The zero-order valence-corrected chi connectivity index (χ0v) is 28.2. The third-order valence-electron chi connectivity index (χ3n) is 9.95. The molecule has 44 heavy (non-hydrogen) atoms. The molecule has 6 unspecified atom stereocenters. The normalized spacial score (nSPS) is 31.6. The summed E-state index contributed by atoms with van der Waals surface area (Å²) in [5.41, 5.74) is 3.46. The third kappa shape index (κ3) is 7.04. The minimum atomic E-state index is -1.63. The third-order valence-corrected chi connectivity index (χ3v) is 11.7. The van der Waals surface area contributed by atoms with E-state index in [9.17, 15) is 9.00 Å². The maximum atomic E-state index is 13.5. The van der Waals surface area contributed by atoms with Crippen LogP contribution >= 0.6 is 11.6 Å². The molecular weight excluding hydrogens is 596 g/mol. The number of aryl methyl sites for hydroxylation is 1. The van der Waals surface area contributed by atoms with Crippen LogP contribution in [-0.4, -0.2) is 61.5 Å². The average Bonchev–Trinajstić information content (AvgIpc) is 3.16. The number of nitrogens with zero attached hydrogens (tertiary/aromatic N) is 1. The first-order valence-electron chi connectivity index (χ1n) is 15.9. The lowest BCUT2D eigenvalue weighted by Crippen LogP contribution is -2.49. The Kier molecular flexibility index (Phi) is 10.8. The number of fused-ring (bicyclic) bond motifs is 2. The molecule has 1 N–H and O–H groups in total. The molecule has 0 spiro atoms. The molecule has 0 radical (unpaired) electrons. The Morgan fingerprint density at radius 2 is 1.98 bits per heavy atom. The quantitative estimate of drug-likeness (QED) is 0.353. The van der Waals surface area contributed by atoms with Crippen LogP contribution in [0.4, 0.5) is 5.69 Å². The number of hydrogen-bond donors (Lipinski definition) is 1. The second-order valence-corrected chi connectivity index (χ2v) is 14.7. The van der Waals surface area contributed by atoms with Crippen LogP contribution in [0.2, 0.25) is 5.02 Å². The molecule has 5 rings (SSSR count). The molecule has 9 heteroatoms. The lowest BCUT2D eigenvalue weighted by molar-refractivity contribution is -0.0620. The van der Waals surface area contributed by atoms with Crippen molar-refractivity contribution in [2.24, 2.45) is 17.8 Å². The average molecular weight is 643 g/mol. The van der Waals surface area contributed by atoms with Gasteiger partial charge in [0.1, 0.15) is 16.7 Å². The van der Waals surface area contributed by atoms with Crippen molar-refractivity contribution in [3.8, 4) is 5.75 Å². The van der Waals surface area contributed by atoms with Crippen LogP contribution in [0, 0.1) is 17.8 Å². The smallest absolute Gasteiger partial charge is 0.263 e. The highest BCUT2D eigenvalue weighted by molar-refractivity contribution is 7.84. The molecule has 0 saturated heterocycles. The van der Waals surface area contributed by atoms with Crippen molar-refractivity contribution in [3.63, 3.8) is 0 Å². The topological polar surface area (TPSA) is 77.1 Å². The second kappa shape index (κ2) is 14.4. The minimum absolute atomic E-state index is 0.0249. The van der Waals surface area contributed by atoms with Gasteiger partial charge in [-0.25, -0.2) is 4.21 Å². The van der Waals surface area contributed by atoms with Gasteiger partial charge < -0.3 is 19.1 Å². The van der Waals surface area contributed by atoms with Crippen LogP contribution in [0.1, 0.15) is 73.9 Å². The number of rotatable bonds is 6. The monoisotopic (exact) mass is 642 g/mol. The highest BCUT2D eigenvalue weighted by Crippen LogP contribution is 2.46. The SMILES string of the molecule is CCCc1cc(Cl)ccc1C1COc2ccc3cc2N(C1)CC1CCC1[C@@](C)(OC)/C=C/CC(C)C(COC)S(=O)NC3=O. The fourth-order valence-electron chi connectivity index (χ4n) is 7.12. The summed E-state index contributed by atoms with van der Waals surface area (Å²) in [6, 6.07) is 11.8. The summed E-state index contributed by atoms with van der Waals surface area (Å²) in [5.74, 6) is 1.30. The molecule has 2 heterocycles. The second-order valence-electron chi connectivity index (χ2n) is 12.9. The number of methoxy groups -OCH3 is 2. The van der Waals surface area contributed by atoms with Crippen molar-refractivity contribution >= 4 is 34.2 Å². The Labute approximate surface area is 270 Å². The molecule has 3 aliphatic rings. The lowest BCUT2D eigenvalue weighted by atomic mass is 9.64. The molecule has 2 bridgehead atoms. The van der Waals surface area contributed by atoms with Gasteiger partial charge in [0.2, 0.25) is 0 Å². The van der Waals surface area contributed by atoms with Crippen molar-refractivity contribution < 1.29 is 23.2 Å². The summed E-state index contributed by atoms with van der Waals surface area (Å²) in [5, 5.41) is 0.393. The predicted octanol–water partition coefficient (Wildman–Crippen LogP) is 6.71. The van der Waals surface area contributed by atoms with Gasteiger partial charge in [-0.3, -0.25) is 9.52 Å². The number of carbonyl (C=O) groups excluding carboxylic acids is 1. The van der Waals surface area contributed by atoms with E-state index in [1.165, 1.54) is 11.1 Å². The number of allylic oxidation sites excluding steroid dienone is 1. The largest absolute Gasteiger partial charge is 0.491 e. The Morgan fingerprint density at radius 3 is 2.68 bits per heavy atom. The van der Waals surface area contributed by atoms with E-state index in [0.717, 1.165) is 55.2 Å². The molecular formula is C35H47ClN2O5S. The van der Waals surface area contributed by atoms with E-state index < -0.39 is 16.6 Å². The molecule has 1 amide bonds. The summed E-state index contributed by atoms with van der Waals surface area (Å²) in [4.78, 5) is 15.9. The molecule has 0 aromatic heterocycles. The number of amides is 1. The minimum Gasteiger partial charge on any atom is -0.491 e. The van der Waals surface area contributed by atoms with E-state index in [0.29, 0.717) is 30.4 Å². The van der Waals surface area contributed by atoms with E-state index in [1.54, 1.807) is 20.3 Å². The first-order valence-corrected chi connectivity index (χ1v) is 17.5. The van der Waals surface area contributed by atoms with Crippen LogP contribution in [0.5, 0.6) is 5.75 Å². The molecule has 2 aromatic rings. The number of ether oxygens (including phenoxy) is 3. The first kappa shape index (κ1) is 33.0. The number of halogens is 1. The molecule has 240 valence electrons. The summed E-state index contributed by atoms with van der Waals surface area (Å²) in [6.07, 6.45) is 9.24. The van der Waals surface area contributed by atoms with Gasteiger partial charge in [-0.2, -0.15) is 0 Å². The van der Waals surface area contributed by atoms with Crippen LogP contribution in [0.25, 0.3) is 0 Å². The molecule has 2 aromatic carbocycles. The van der Waals surface area contributed by atoms with E-state index in [2.05, 4.69) is 54.7 Å². The molecule has 2 aliphatic heterocycles. The summed E-state index contributed by atoms with van der Waals surface area (Å²) < 4.78 is 34.4. The van der Waals surface area contributed by atoms with Gasteiger partial charge in [0.25, 0.3) is 5.91 Å². The highest BCUT2D eigenvalue weighted by Gasteiger charge is 2.45. The highest BCUT2D eigenvalue weighted by atomic mass is 35.5. The molecule has 1 saturated carbocycles. The summed E-state index contributed by atoms with van der Waals surface area (Å²) in [6.45, 7) is 8.81. The van der Waals surface area contributed by atoms with Crippen molar-refractivity contribution in [1.29, 1.82) is 0 Å². The van der Waals surface area contributed by atoms with Crippen molar-refractivity contribution in [1.82, 2.24) is 4.72 Å². The van der Waals surface area contributed by atoms with Gasteiger partial charge in [0.15, 0.2) is 0 Å². The van der Waals surface area contributed by atoms with E-state index in [4.69, 9.17) is 25.8 Å². The standard InChI is InChI=1S/C35H47ClN2O5S/c1-6-8-24-17-28(36)12-13-29(24)27-20-38-19-26-10-14-30(26)35(3,42-5)16-7-9-23(2)33(22-41-4)44(40)37-34(39)25-11-15-32(43-21-27)31(38)18-25/h7,11-13,15-18,23,26-27,30,33H,6,8-10,14,19-22H2,1-5H3,(H,37,39)/b16-7+/t23?,26?,27?,30?,33?,35-,44?/m0/s1. The van der Waals surface area contributed by atoms with Crippen LogP contribution < -0.4 is 14.4 Å². The fraction of sp³-hybridized carbons (Fsp3) is 0.571. The number of anilines is 1. The van der Waals surface area contributed by atoms with E-state index >= 15 is 0 Å². The van der Waals surface area contributed by atoms with E-state index in [1.807, 2.05) is 18.2 Å². The Morgan fingerprint density at radius 1 is 1.16 bits per heavy atom. The summed E-state index contributed by atoms with van der Waals surface area (Å²) >= 11 is 6.43. The van der Waals surface area contributed by atoms with Crippen molar-refractivity contribution in [2.75, 3.05) is 45.4 Å². The van der Waals surface area contributed by atoms with Gasteiger partial charge in [-0.15, -0.1) is 0 Å². The number of benzene rings is 2. The molecule has 1 aliphatic carbocycles. The number of nitrogens with one attached hydrogen (secondary N) is 1. The maximum absolute atomic E-state index is 13.5. The van der Waals surface area contributed by atoms with Gasteiger partial charge in [-0.05, 0) is 91.8 Å². The Balaban J connectivity index is 1.55. The Bertz CT molecular complexity index is 1380. The zero-order valence-electron chi connectivity index (χ0n) is 26.6. The van der Waals surface area contributed by atoms with Gasteiger partial charge >= 0.3 is 0 Å². The Hall–Kier alpha value is -2.39. The predicted molar refractivity (Wildman–Crippen MR) is 178 cm³/mol. The molecule has 7 nitrogen and oxygen atoms in total. The summed E-state index contributed by atoms with van der Waals surface area (Å²) in [7, 11) is 1.77. The molecule has 7 atom stereocenters.